The third-order valence-corrected chi connectivity index (χ3v) is 3.69. The van der Waals surface area contributed by atoms with Gasteiger partial charge in [0.25, 0.3) is 0 Å². The molecule has 23 heavy (non-hydrogen) atoms. The van der Waals surface area contributed by atoms with Crippen molar-refractivity contribution in [1.29, 1.82) is 0 Å². The van der Waals surface area contributed by atoms with Gasteiger partial charge >= 0.3 is 0 Å². The number of halogens is 1. The zero-order valence-corrected chi connectivity index (χ0v) is 16.1. The number of guanidine groups is 1. The Hall–Kier alpha value is -0.940. The predicted molar refractivity (Wildman–Crippen MR) is 101 cm³/mol. The predicted octanol–water partition coefficient (Wildman–Crippen LogP) is 0.0851. The number of hydrogen-bond donors (Lipinski definition) is 2. The van der Waals surface area contributed by atoms with Gasteiger partial charge in [0.05, 0.1) is 13.2 Å². The zero-order chi connectivity index (χ0) is 15.6. The molecule has 3 N–H and O–H groups in total. The van der Waals surface area contributed by atoms with Crippen molar-refractivity contribution < 1.29 is 4.74 Å². The van der Waals surface area contributed by atoms with E-state index in [1.165, 1.54) is 0 Å². The minimum atomic E-state index is 0. The second kappa shape index (κ2) is 11.6. The van der Waals surface area contributed by atoms with Crippen LogP contribution < -0.4 is 11.1 Å². The summed E-state index contributed by atoms with van der Waals surface area (Å²) in [7, 11) is 0. The summed E-state index contributed by atoms with van der Waals surface area (Å²) in [5.74, 6) is 1.50. The normalized spacial score (nSPS) is 16.1. The maximum absolute atomic E-state index is 5.87. The summed E-state index contributed by atoms with van der Waals surface area (Å²) < 4.78 is 7.35. The fourth-order valence-electron chi connectivity index (χ4n) is 2.42. The number of nitrogens with zero attached hydrogens (tertiary/aromatic N) is 5. The Balaban J connectivity index is 0.00000264. The van der Waals surface area contributed by atoms with Gasteiger partial charge < -0.3 is 20.4 Å². The van der Waals surface area contributed by atoms with E-state index in [-0.39, 0.29) is 24.0 Å². The molecular weight excluding hydrogens is 409 g/mol. The highest BCUT2D eigenvalue weighted by atomic mass is 127. The van der Waals surface area contributed by atoms with E-state index in [1.807, 2.05) is 4.57 Å². The van der Waals surface area contributed by atoms with E-state index in [2.05, 4.69) is 32.3 Å². The van der Waals surface area contributed by atoms with Crippen LogP contribution in [0.2, 0.25) is 0 Å². The first-order valence-corrected chi connectivity index (χ1v) is 8.00. The van der Waals surface area contributed by atoms with Gasteiger partial charge in [0.1, 0.15) is 12.2 Å². The molecule has 8 nitrogen and oxygen atoms in total. The van der Waals surface area contributed by atoms with Crippen LogP contribution in [0.25, 0.3) is 0 Å². The lowest BCUT2D eigenvalue weighted by atomic mass is 10.3. The molecule has 2 heterocycles. The lowest BCUT2D eigenvalue weighted by Gasteiger charge is -2.26. The molecule has 0 bridgehead atoms. The molecule has 0 aliphatic carbocycles. The fraction of sp³-hybridized carbons (Fsp3) is 0.786. The second-order valence-electron chi connectivity index (χ2n) is 5.30. The molecule has 2 rings (SSSR count). The first-order valence-electron chi connectivity index (χ1n) is 8.00. The quantitative estimate of drug-likeness (QED) is 0.259. The van der Waals surface area contributed by atoms with Gasteiger partial charge in [0, 0.05) is 45.7 Å². The van der Waals surface area contributed by atoms with Gasteiger partial charge in [-0.05, 0) is 6.42 Å². The third kappa shape index (κ3) is 7.44. The maximum Gasteiger partial charge on any atom is 0.188 e. The van der Waals surface area contributed by atoms with Crippen LogP contribution in [-0.4, -0.2) is 71.6 Å². The molecule has 0 spiro atoms. The molecule has 9 heteroatoms. The summed E-state index contributed by atoms with van der Waals surface area (Å²) in [5, 5.41) is 11.1. The largest absolute Gasteiger partial charge is 0.379 e. The van der Waals surface area contributed by atoms with E-state index in [0.29, 0.717) is 5.96 Å². The van der Waals surface area contributed by atoms with E-state index >= 15 is 0 Å². The van der Waals surface area contributed by atoms with Crippen LogP contribution in [0.5, 0.6) is 0 Å². The highest BCUT2D eigenvalue weighted by Gasteiger charge is 2.08. The van der Waals surface area contributed by atoms with Crippen molar-refractivity contribution in [3.8, 4) is 0 Å². The first kappa shape index (κ1) is 20.1. The molecule has 0 aromatic carbocycles. The number of aromatic nitrogens is 3. The molecule has 1 aromatic rings. The molecule has 0 radical (unpaired) electrons. The van der Waals surface area contributed by atoms with Gasteiger partial charge in [-0.1, -0.05) is 6.92 Å². The van der Waals surface area contributed by atoms with Crippen molar-refractivity contribution in [2.45, 2.75) is 26.3 Å². The average Bonchev–Trinajstić information content (AvgIpc) is 3.00. The lowest BCUT2D eigenvalue weighted by Crippen LogP contribution is -2.37. The monoisotopic (exact) mass is 437 g/mol. The standard InChI is InChI=1S/C14H27N7O.HI/c1-2-13-19-18-12-21(13)7-5-17-14(15)16-4-3-6-20-8-10-22-11-9-20;/h12H,2-11H2,1H3,(H3,15,16,17);1H. The molecule has 1 saturated heterocycles. The summed E-state index contributed by atoms with van der Waals surface area (Å²) in [6.45, 7) is 9.13. The van der Waals surface area contributed by atoms with Gasteiger partial charge in [-0.2, -0.15) is 0 Å². The maximum atomic E-state index is 5.87. The summed E-state index contributed by atoms with van der Waals surface area (Å²) in [6, 6.07) is 0. The number of hydrogen-bond acceptors (Lipinski definition) is 5. The van der Waals surface area contributed by atoms with E-state index in [0.717, 1.165) is 71.1 Å². The average molecular weight is 437 g/mol. The molecule has 1 fully saturated rings. The minimum Gasteiger partial charge on any atom is -0.379 e. The SMILES string of the molecule is CCc1nncn1CCNC(N)=NCCCN1CCOCC1.I. The zero-order valence-electron chi connectivity index (χ0n) is 13.8. The molecule has 132 valence electrons. The minimum absolute atomic E-state index is 0. The molecule has 1 aliphatic heterocycles. The lowest BCUT2D eigenvalue weighted by molar-refractivity contribution is 0.0377. The fourth-order valence-corrected chi connectivity index (χ4v) is 2.42. The van der Waals surface area contributed by atoms with E-state index in [1.54, 1.807) is 6.33 Å². The second-order valence-corrected chi connectivity index (χ2v) is 5.30. The highest BCUT2D eigenvalue weighted by molar-refractivity contribution is 14.0. The number of morpholine rings is 1. The summed E-state index contributed by atoms with van der Waals surface area (Å²) in [4.78, 5) is 6.76. The van der Waals surface area contributed by atoms with Crippen LogP contribution in [0.4, 0.5) is 0 Å². The first-order chi connectivity index (χ1) is 10.8. The van der Waals surface area contributed by atoms with Crippen LogP contribution in [0, 0.1) is 0 Å². The van der Waals surface area contributed by atoms with Crippen LogP contribution in [0.15, 0.2) is 11.3 Å². The molecule has 1 aromatic heterocycles. The van der Waals surface area contributed by atoms with Crippen LogP contribution in [0.3, 0.4) is 0 Å². The number of nitrogens with one attached hydrogen (secondary N) is 1. The van der Waals surface area contributed by atoms with Gasteiger partial charge in [-0.15, -0.1) is 34.2 Å². The molecule has 0 saturated carbocycles. The Morgan fingerprint density at radius 3 is 2.91 bits per heavy atom. The van der Waals surface area contributed by atoms with Crippen LogP contribution >= 0.6 is 24.0 Å². The van der Waals surface area contributed by atoms with Gasteiger partial charge in [0.15, 0.2) is 5.96 Å². The van der Waals surface area contributed by atoms with Crippen molar-refractivity contribution in [1.82, 2.24) is 25.0 Å². The van der Waals surface area contributed by atoms with Gasteiger partial charge in [0.2, 0.25) is 0 Å². The topological polar surface area (TPSA) is 93.6 Å². The van der Waals surface area contributed by atoms with Crippen molar-refractivity contribution in [3.05, 3.63) is 12.2 Å². The number of rotatable bonds is 8. The van der Waals surface area contributed by atoms with Crippen LogP contribution in [0.1, 0.15) is 19.2 Å². The third-order valence-electron chi connectivity index (χ3n) is 3.69. The Kier molecular flexibility index (Phi) is 10.1. The van der Waals surface area contributed by atoms with E-state index < -0.39 is 0 Å². The molecule has 0 amide bonds. The molecule has 0 atom stereocenters. The van der Waals surface area contributed by atoms with Crippen molar-refractivity contribution >= 4 is 29.9 Å². The van der Waals surface area contributed by atoms with Crippen LogP contribution in [-0.2, 0) is 17.7 Å². The van der Waals surface area contributed by atoms with Crippen molar-refractivity contribution in [3.63, 3.8) is 0 Å². The summed E-state index contributed by atoms with van der Waals surface area (Å²) >= 11 is 0. The molecule has 0 unspecified atom stereocenters. The van der Waals surface area contributed by atoms with Gasteiger partial charge in [-0.25, -0.2) is 0 Å². The molecule has 1 aliphatic rings. The molecular formula is C14H28IN7O. The van der Waals surface area contributed by atoms with E-state index in [4.69, 9.17) is 10.5 Å². The number of nitrogens with two attached hydrogens (primary N) is 1. The highest BCUT2D eigenvalue weighted by Crippen LogP contribution is 1.98. The van der Waals surface area contributed by atoms with Gasteiger partial charge in [-0.3, -0.25) is 9.89 Å². The van der Waals surface area contributed by atoms with Crippen molar-refractivity contribution in [2.75, 3.05) is 45.9 Å². The number of aryl methyl sites for hydroxylation is 1. The smallest absolute Gasteiger partial charge is 0.188 e. The van der Waals surface area contributed by atoms with E-state index in [9.17, 15) is 0 Å². The Labute approximate surface area is 154 Å². The Morgan fingerprint density at radius 2 is 2.17 bits per heavy atom. The number of ether oxygens (including phenoxy) is 1. The summed E-state index contributed by atoms with van der Waals surface area (Å²) in [5.41, 5.74) is 5.87. The summed E-state index contributed by atoms with van der Waals surface area (Å²) in [6.07, 6.45) is 3.65. The van der Waals surface area contributed by atoms with Crippen molar-refractivity contribution in [2.24, 2.45) is 10.7 Å². The Bertz CT molecular complexity index is 460. The Morgan fingerprint density at radius 1 is 1.39 bits per heavy atom. The number of aliphatic imine (C=N–C) groups is 1.